The summed E-state index contributed by atoms with van der Waals surface area (Å²) in [5, 5.41) is 0. The van der Waals surface area contributed by atoms with E-state index >= 15 is 0 Å². The second-order valence-corrected chi connectivity index (χ2v) is 4.83. The summed E-state index contributed by atoms with van der Waals surface area (Å²) in [4.78, 5) is 11.7. The molecule has 0 aliphatic carbocycles. The molecule has 0 fully saturated rings. The van der Waals surface area contributed by atoms with Crippen LogP contribution in [-0.4, -0.2) is 18.4 Å². The standard InChI is InChI=1S/C15H30O3/c1-5-9-11-13(7-3)17-15(16)18-14(8-4)12-10-6-2/h13-14H,5-12H2,1-4H3. The largest absolute Gasteiger partial charge is 0.508 e. The minimum absolute atomic E-state index is 0.0149. The van der Waals surface area contributed by atoms with Crippen LogP contribution in [0.5, 0.6) is 0 Å². The van der Waals surface area contributed by atoms with Crippen LogP contribution < -0.4 is 0 Å². The van der Waals surface area contributed by atoms with E-state index < -0.39 is 6.16 Å². The van der Waals surface area contributed by atoms with E-state index in [2.05, 4.69) is 13.8 Å². The van der Waals surface area contributed by atoms with E-state index in [1.807, 2.05) is 13.8 Å². The van der Waals surface area contributed by atoms with Gasteiger partial charge in [-0.25, -0.2) is 4.79 Å². The number of hydrogen-bond acceptors (Lipinski definition) is 3. The second kappa shape index (κ2) is 11.4. The SMILES string of the molecule is CCCCC(CC)OC(=O)OC(CC)CCCC. The molecule has 18 heavy (non-hydrogen) atoms. The maximum absolute atomic E-state index is 11.7. The van der Waals surface area contributed by atoms with Crippen LogP contribution in [0.25, 0.3) is 0 Å². The van der Waals surface area contributed by atoms with Crippen molar-refractivity contribution in [3.63, 3.8) is 0 Å². The number of rotatable bonds is 10. The average molecular weight is 258 g/mol. The van der Waals surface area contributed by atoms with Crippen molar-refractivity contribution in [3.8, 4) is 0 Å². The van der Waals surface area contributed by atoms with Crippen molar-refractivity contribution in [2.24, 2.45) is 0 Å². The lowest BCUT2D eigenvalue weighted by molar-refractivity contribution is -0.00847. The zero-order chi connectivity index (χ0) is 13.8. The van der Waals surface area contributed by atoms with Gasteiger partial charge in [0.25, 0.3) is 0 Å². The summed E-state index contributed by atoms with van der Waals surface area (Å²) >= 11 is 0. The van der Waals surface area contributed by atoms with Gasteiger partial charge in [0.1, 0.15) is 12.2 Å². The third-order valence-corrected chi connectivity index (χ3v) is 3.20. The second-order valence-electron chi connectivity index (χ2n) is 4.83. The van der Waals surface area contributed by atoms with Gasteiger partial charge in [0.2, 0.25) is 0 Å². The Kier molecular flexibility index (Phi) is 10.9. The van der Waals surface area contributed by atoms with Gasteiger partial charge in [0, 0.05) is 0 Å². The van der Waals surface area contributed by atoms with Crippen LogP contribution in [0, 0.1) is 0 Å². The van der Waals surface area contributed by atoms with Crippen molar-refractivity contribution >= 4 is 6.16 Å². The number of carbonyl (C=O) groups is 1. The zero-order valence-corrected chi connectivity index (χ0v) is 12.5. The van der Waals surface area contributed by atoms with Gasteiger partial charge in [-0.05, 0) is 25.7 Å². The van der Waals surface area contributed by atoms with Crippen molar-refractivity contribution in [2.75, 3.05) is 0 Å². The van der Waals surface area contributed by atoms with E-state index in [1.54, 1.807) is 0 Å². The maximum Gasteiger partial charge on any atom is 0.508 e. The Bertz CT molecular complexity index is 184. The Hall–Kier alpha value is -0.730. The maximum atomic E-state index is 11.7. The van der Waals surface area contributed by atoms with E-state index in [0.717, 1.165) is 51.4 Å². The molecule has 0 bridgehead atoms. The monoisotopic (exact) mass is 258 g/mol. The van der Waals surface area contributed by atoms with Crippen LogP contribution in [0.1, 0.15) is 79.1 Å². The molecule has 0 aliphatic heterocycles. The van der Waals surface area contributed by atoms with Crippen LogP contribution in [0.2, 0.25) is 0 Å². The van der Waals surface area contributed by atoms with E-state index in [4.69, 9.17) is 9.47 Å². The van der Waals surface area contributed by atoms with Gasteiger partial charge in [0.15, 0.2) is 0 Å². The molecule has 2 atom stereocenters. The number of carbonyl (C=O) groups excluding carboxylic acids is 1. The molecule has 0 saturated heterocycles. The highest BCUT2D eigenvalue weighted by atomic mass is 16.7. The molecule has 0 saturated carbocycles. The third-order valence-electron chi connectivity index (χ3n) is 3.20. The summed E-state index contributed by atoms with van der Waals surface area (Å²) in [7, 11) is 0. The molecule has 0 aromatic rings. The fraction of sp³-hybridized carbons (Fsp3) is 0.933. The lowest BCUT2D eigenvalue weighted by atomic mass is 10.1. The summed E-state index contributed by atoms with van der Waals surface area (Å²) in [6, 6.07) is 0. The molecule has 0 aromatic carbocycles. The predicted molar refractivity (Wildman–Crippen MR) is 74.8 cm³/mol. The summed E-state index contributed by atoms with van der Waals surface area (Å²) in [6.45, 7) is 8.37. The Labute approximate surface area is 112 Å². The van der Waals surface area contributed by atoms with Gasteiger partial charge < -0.3 is 9.47 Å². The lowest BCUT2D eigenvalue weighted by Gasteiger charge is -2.19. The normalized spacial score (nSPS) is 14.0. The van der Waals surface area contributed by atoms with Gasteiger partial charge in [-0.3, -0.25) is 0 Å². The Morgan fingerprint density at radius 2 is 1.22 bits per heavy atom. The molecule has 0 heterocycles. The van der Waals surface area contributed by atoms with Crippen molar-refractivity contribution in [2.45, 2.75) is 91.3 Å². The first-order valence-electron chi connectivity index (χ1n) is 7.55. The first kappa shape index (κ1) is 17.3. The third kappa shape index (κ3) is 8.37. The minimum Gasteiger partial charge on any atom is -0.431 e. The molecule has 3 heteroatoms. The Morgan fingerprint density at radius 1 is 0.833 bits per heavy atom. The summed E-state index contributed by atoms with van der Waals surface area (Å²) < 4.78 is 10.7. The molecule has 0 radical (unpaired) electrons. The summed E-state index contributed by atoms with van der Waals surface area (Å²) in [5.41, 5.74) is 0. The highest BCUT2D eigenvalue weighted by Crippen LogP contribution is 2.13. The molecular weight excluding hydrogens is 228 g/mol. The van der Waals surface area contributed by atoms with Crippen LogP contribution in [0.4, 0.5) is 4.79 Å². The van der Waals surface area contributed by atoms with Crippen LogP contribution in [0.3, 0.4) is 0 Å². The lowest BCUT2D eigenvalue weighted by Crippen LogP contribution is -2.23. The van der Waals surface area contributed by atoms with E-state index in [1.165, 1.54) is 0 Å². The molecule has 0 rings (SSSR count). The highest BCUT2D eigenvalue weighted by molar-refractivity contribution is 5.60. The first-order valence-corrected chi connectivity index (χ1v) is 7.55. The van der Waals surface area contributed by atoms with Gasteiger partial charge in [-0.2, -0.15) is 0 Å². The summed E-state index contributed by atoms with van der Waals surface area (Å²) in [6.07, 6.45) is 7.59. The van der Waals surface area contributed by atoms with Crippen molar-refractivity contribution in [1.82, 2.24) is 0 Å². The van der Waals surface area contributed by atoms with Crippen molar-refractivity contribution < 1.29 is 14.3 Å². The highest BCUT2D eigenvalue weighted by Gasteiger charge is 2.17. The summed E-state index contributed by atoms with van der Waals surface area (Å²) in [5.74, 6) is 0. The molecular formula is C15H30O3. The minimum atomic E-state index is -0.485. The molecule has 0 aliphatic rings. The zero-order valence-electron chi connectivity index (χ0n) is 12.5. The van der Waals surface area contributed by atoms with Crippen LogP contribution in [0.15, 0.2) is 0 Å². The molecule has 3 nitrogen and oxygen atoms in total. The fourth-order valence-corrected chi connectivity index (χ4v) is 1.86. The van der Waals surface area contributed by atoms with Crippen molar-refractivity contribution in [1.29, 1.82) is 0 Å². The van der Waals surface area contributed by atoms with Crippen LogP contribution in [-0.2, 0) is 9.47 Å². The molecule has 0 aromatic heterocycles. The molecule has 0 amide bonds. The van der Waals surface area contributed by atoms with Gasteiger partial charge >= 0.3 is 6.16 Å². The number of hydrogen-bond donors (Lipinski definition) is 0. The smallest absolute Gasteiger partial charge is 0.431 e. The van der Waals surface area contributed by atoms with E-state index in [9.17, 15) is 4.79 Å². The van der Waals surface area contributed by atoms with Gasteiger partial charge in [-0.1, -0.05) is 53.4 Å². The molecule has 0 spiro atoms. The number of ether oxygens (including phenoxy) is 2. The first-order chi connectivity index (χ1) is 8.67. The number of unbranched alkanes of at least 4 members (excludes halogenated alkanes) is 2. The van der Waals surface area contributed by atoms with Gasteiger partial charge in [-0.15, -0.1) is 0 Å². The molecule has 0 N–H and O–H groups in total. The fourth-order valence-electron chi connectivity index (χ4n) is 1.86. The van der Waals surface area contributed by atoms with Gasteiger partial charge in [0.05, 0.1) is 0 Å². The van der Waals surface area contributed by atoms with Crippen molar-refractivity contribution in [3.05, 3.63) is 0 Å². The van der Waals surface area contributed by atoms with E-state index in [-0.39, 0.29) is 12.2 Å². The predicted octanol–water partition coefficient (Wildman–Crippen LogP) is 5.08. The molecule has 108 valence electrons. The van der Waals surface area contributed by atoms with E-state index in [0.29, 0.717) is 0 Å². The van der Waals surface area contributed by atoms with Crippen LogP contribution >= 0.6 is 0 Å². The topological polar surface area (TPSA) is 35.5 Å². The average Bonchev–Trinajstić information content (AvgIpc) is 2.39. The Balaban J connectivity index is 3.96. The quantitative estimate of drug-likeness (QED) is 0.513. The Morgan fingerprint density at radius 3 is 1.50 bits per heavy atom. The molecule has 2 unspecified atom stereocenters.